The molecule has 9 heteroatoms. The Hall–Kier alpha value is -1.09. The van der Waals surface area contributed by atoms with Crippen LogP contribution in [-0.2, 0) is 11.0 Å². The first-order valence-corrected chi connectivity index (χ1v) is 11.1. The minimum atomic E-state index is -4.49. The molecule has 26 heavy (non-hydrogen) atoms. The molecule has 0 aliphatic carbocycles. The second kappa shape index (κ2) is 8.73. The zero-order valence-electron chi connectivity index (χ0n) is 14.2. The molecule has 1 unspecified atom stereocenters. The Morgan fingerprint density at radius 3 is 2.81 bits per heavy atom. The summed E-state index contributed by atoms with van der Waals surface area (Å²) in [4.78, 5) is 17.3. The second-order valence-corrected chi connectivity index (χ2v) is 9.26. The van der Waals surface area contributed by atoms with Gasteiger partial charge in [-0.05, 0) is 25.3 Å². The number of hydrogen-bond acceptors (Lipinski definition) is 5. The van der Waals surface area contributed by atoms with Crippen molar-refractivity contribution >= 4 is 27.5 Å². The molecule has 0 radical (unpaired) electrons. The van der Waals surface area contributed by atoms with Gasteiger partial charge in [-0.15, -0.1) is 0 Å². The minimum Gasteiger partial charge on any atom is -0.471 e. The van der Waals surface area contributed by atoms with Crippen LogP contribution in [0.15, 0.2) is 18.2 Å². The molecule has 1 atom stereocenters. The van der Waals surface area contributed by atoms with Gasteiger partial charge in [-0.3, -0.25) is 4.79 Å². The van der Waals surface area contributed by atoms with Crippen LogP contribution in [0.4, 0.5) is 13.2 Å². The summed E-state index contributed by atoms with van der Waals surface area (Å²) in [6.45, 7) is 0.817. The number of halogens is 3. The number of aromatic nitrogens is 1. The highest BCUT2D eigenvalue weighted by Gasteiger charge is 2.35. The molecular formula is C17H21F3N2O2S2. The number of ether oxygens (including phenoxy) is 1. The van der Waals surface area contributed by atoms with E-state index in [2.05, 4.69) is 4.98 Å². The molecule has 144 valence electrons. The molecular weight excluding hydrogens is 385 g/mol. The quantitative estimate of drug-likeness (QED) is 0.496. The third-order valence-electron chi connectivity index (χ3n) is 4.40. The van der Waals surface area contributed by atoms with Crippen LogP contribution in [-0.4, -0.2) is 46.0 Å². The molecule has 1 aromatic rings. The van der Waals surface area contributed by atoms with Crippen molar-refractivity contribution in [2.24, 2.45) is 0 Å². The first-order chi connectivity index (χ1) is 12.4. The zero-order chi connectivity index (χ0) is 18.6. The predicted molar refractivity (Wildman–Crippen MR) is 97.2 cm³/mol. The third kappa shape index (κ3) is 5.45. The fourth-order valence-corrected chi connectivity index (χ4v) is 5.92. The molecule has 2 saturated heterocycles. The average molecular weight is 406 g/mol. The Morgan fingerprint density at radius 1 is 1.31 bits per heavy atom. The molecule has 1 aromatic heterocycles. The van der Waals surface area contributed by atoms with E-state index in [4.69, 9.17) is 4.74 Å². The Balaban J connectivity index is 1.34. The lowest BCUT2D eigenvalue weighted by Crippen LogP contribution is -2.56. The number of carbonyl (C=O) groups excluding carboxylic acids is 1. The lowest BCUT2D eigenvalue weighted by atomic mass is 10.1. The van der Waals surface area contributed by atoms with E-state index < -0.39 is 11.9 Å². The summed E-state index contributed by atoms with van der Waals surface area (Å²) < 4.78 is 43.4. The highest BCUT2D eigenvalue weighted by atomic mass is 33.1. The normalized spacial score (nSPS) is 20.9. The van der Waals surface area contributed by atoms with Gasteiger partial charge in [0.15, 0.2) is 0 Å². The van der Waals surface area contributed by atoms with Crippen LogP contribution in [0.2, 0.25) is 0 Å². The van der Waals surface area contributed by atoms with E-state index in [1.54, 1.807) is 4.90 Å². The molecule has 4 nitrogen and oxygen atoms in total. The van der Waals surface area contributed by atoms with E-state index in [0.29, 0.717) is 19.5 Å². The van der Waals surface area contributed by atoms with Gasteiger partial charge >= 0.3 is 6.18 Å². The molecule has 0 N–H and O–H groups in total. The summed E-state index contributed by atoms with van der Waals surface area (Å²) in [6.07, 6.45) is 0.122. The summed E-state index contributed by atoms with van der Waals surface area (Å²) in [6, 6.07) is 3.58. The Labute approximate surface area is 158 Å². The molecule has 0 saturated carbocycles. The standard InChI is InChI=1S/C17H21F3N2O2S2/c18-17(19,20)14-5-3-6-15(21-14)24-12-10-22(11-12)16(23)7-2-1-4-13-8-9-25-26-13/h3,5-6,12-13H,1-2,4,7-11H2. The summed E-state index contributed by atoms with van der Waals surface area (Å²) in [5.41, 5.74) is -0.971. The van der Waals surface area contributed by atoms with Crippen LogP contribution in [0.1, 0.15) is 37.8 Å². The summed E-state index contributed by atoms with van der Waals surface area (Å²) in [7, 11) is 3.88. The lowest BCUT2D eigenvalue weighted by Gasteiger charge is -2.38. The van der Waals surface area contributed by atoms with Gasteiger partial charge in [0.1, 0.15) is 11.8 Å². The third-order valence-corrected chi connectivity index (χ3v) is 7.40. The van der Waals surface area contributed by atoms with E-state index >= 15 is 0 Å². The van der Waals surface area contributed by atoms with Crippen LogP contribution >= 0.6 is 21.6 Å². The van der Waals surface area contributed by atoms with Crippen molar-refractivity contribution in [3.8, 4) is 5.88 Å². The monoisotopic (exact) mass is 406 g/mol. The molecule has 2 fully saturated rings. The topological polar surface area (TPSA) is 42.4 Å². The summed E-state index contributed by atoms with van der Waals surface area (Å²) >= 11 is 0. The van der Waals surface area contributed by atoms with Gasteiger partial charge in [0.25, 0.3) is 0 Å². The molecule has 0 bridgehead atoms. The minimum absolute atomic E-state index is 0.0520. The highest BCUT2D eigenvalue weighted by Crippen LogP contribution is 2.40. The second-order valence-electron chi connectivity index (χ2n) is 6.47. The van der Waals surface area contributed by atoms with E-state index in [1.807, 2.05) is 21.6 Å². The van der Waals surface area contributed by atoms with E-state index in [-0.39, 0.29) is 17.9 Å². The van der Waals surface area contributed by atoms with Crippen LogP contribution in [0.5, 0.6) is 5.88 Å². The largest absolute Gasteiger partial charge is 0.471 e. The number of alkyl halides is 3. The summed E-state index contributed by atoms with van der Waals surface area (Å²) in [5.74, 6) is 1.27. The number of unbranched alkanes of at least 4 members (excludes halogenated alkanes) is 1. The number of rotatable bonds is 7. The van der Waals surface area contributed by atoms with Gasteiger partial charge in [0, 0.05) is 23.5 Å². The molecule has 3 heterocycles. The number of pyridine rings is 1. The first kappa shape index (κ1) is 19.7. The first-order valence-electron chi connectivity index (χ1n) is 8.69. The lowest BCUT2D eigenvalue weighted by molar-refractivity contribution is -0.142. The average Bonchev–Trinajstić information content (AvgIpc) is 3.07. The van der Waals surface area contributed by atoms with Crippen molar-refractivity contribution in [3.05, 3.63) is 23.9 Å². The molecule has 2 aliphatic rings. The number of amides is 1. The van der Waals surface area contributed by atoms with Crippen molar-refractivity contribution in [1.29, 1.82) is 0 Å². The van der Waals surface area contributed by atoms with E-state index in [9.17, 15) is 18.0 Å². The Kier molecular flexibility index (Phi) is 6.60. The Bertz CT molecular complexity index is 618. The van der Waals surface area contributed by atoms with Crippen LogP contribution < -0.4 is 4.74 Å². The highest BCUT2D eigenvalue weighted by molar-refractivity contribution is 8.77. The number of likely N-dealkylation sites (tertiary alicyclic amines) is 1. The fourth-order valence-electron chi connectivity index (χ4n) is 2.90. The van der Waals surface area contributed by atoms with E-state index in [1.165, 1.54) is 24.3 Å². The van der Waals surface area contributed by atoms with Crippen LogP contribution in [0.3, 0.4) is 0 Å². The number of nitrogens with zero attached hydrogens (tertiary/aromatic N) is 2. The van der Waals surface area contributed by atoms with Crippen molar-refractivity contribution in [1.82, 2.24) is 9.88 Å². The van der Waals surface area contributed by atoms with Gasteiger partial charge < -0.3 is 9.64 Å². The zero-order valence-corrected chi connectivity index (χ0v) is 15.8. The van der Waals surface area contributed by atoms with Gasteiger partial charge in [-0.25, -0.2) is 4.98 Å². The van der Waals surface area contributed by atoms with Crippen molar-refractivity contribution in [3.63, 3.8) is 0 Å². The van der Waals surface area contributed by atoms with Crippen molar-refractivity contribution < 1.29 is 22.7 Å². The van der Waals surface area contributed by atoms with Crippen molar-refractivity contribution in [2.75, 3.05) is 18.8 Å². The smallest absolute Gasteiger partial charge is 0.433 e. The molecule has 0 aromatic carbocycles. The molecule has 2 aliphatic heterocycles. The molecule has 3 rings (SSSR count). The van der Waals surface area contributed by atoms with Gasteiger partial charge in [-0.1, -0.05) is 34.1 Å². The molecule has 0 spiro atoms. The maximum absolute atomic E-state index is 12.6. The van der Waals surface area contributed by atoms with E-state index in [0.717, 1.165) is 30.6 Å². The fraction of sp³-hybridized carbons (Fsp3) is 0.647. The maximum Gasteiger partial charge on any atom is 0.433 e. The van der Waals surface area contributed by atoms with Crippen LogP contribution in [0.25, 0.3) is 0 Å². The van der Waals surface area contributed by atoms with Gasteiger partial charge in [-0.2, -0.15) is 13.2 Å². The SMILES string of the molecule is O=C(CCCCC1CCSS1)N1CC(Oc2cccc(C(F)(F)F)n2)C1. The van der Waals surface area contributed by atoms with Crippen molar-refractivity contribution in [2.45, 2.75) is 49.6 Å². The van der Waals surface area contributed by atoms with Gasteiger partial charge in [0.2, 0.25) is 11.8 Å². The maximum atomic E-state index is 12.6. The predicted octanol–water partition coefficient (Wildman–Crippen LogP) is 4.40. The Morgan fingerprint density at radius 2 is 2.12 bits per heavy atom. The van der Waals surface area contributed by atoms with Crippen LogP contribution in [0, 0.1) is 0 Å². The number of carbonyl (C=O) groups is 1. The van der Waals surface area contributed by atoms with Gasteiger partial charge in [0.05, 0.1) is 13.1 Å². The summed E-state index contributed by atoms with van der Waals surface area (Å²) in [5, 5.41) is 0.733. The number of hydrogen-bond donors (Lipinski definition) is 0. The molecule has 1 amide bonds.